The van der Waals surface area contributed by atoms with Crippen LogP contribution in [0.25, 0.3) is 0 Å². The van der Waals surface area contributed by atoms with Gasteiger partial charge in [0.25, 0.3) is 0 Å². The van der Waals surface area contributed by atoms with Crippen molar-refractivity contribution in [1.82, 2.24) is 14.3 Å². The number of methoxy groups -OCH3 is 2. The molecule has 2 atom stereocenters. The van der Waals surface area contributed by atoms with Crippen LogP contribution in [0.5, 0.6) is 11.5 Å². The summed E-state index contributed by atoms with van der Waals surface area (Å²) in [5, 5.41) is -1.08. The summed E-state index contributed by atoms with van der Waals surface area (Å²) in [7, 11) is -3.11. The van der Waals surface area contributed by atoms with E-state index in [1.807, 2.05) is 55.5 Å². The maximum Gasteiger partial charge on any atom is 0.220 e. The van der Waals surface area contributed by atoms with Gasteiger partial charge in [0.05, 0.1) is 14.2 Å². The average Bonchev–Trinajstić information content (AvgIpc) is 2.91. The lowest BCUT2D eigenvalue weighted by atomic mass is 10.2. The second-order valence-corrected chi connectivity index (χ2v) is 18.7. The van der Waals surface area contributed by atoms with Gasteiger partial charge in [0, 0.05) is 25.5 Å². The Bertz CT molecular complexity index is 1290. The predicted octanol–water partition coefficient (Wildman–Crippen LogP) is 6.29. The van der Waals surface area contributed by atoms with Crippen LogP contribution in [0.2, 0.25) is 18.1 Å². The molecular formula is C30H43N3O5SSi. The maximum atomic E-state index is 14.5. The van der Waals surface area contributed by atoms with Crippen molar-refractivity contribution >= 4 is 18.3 Å². The fraction of sp³-hybridized carbons (Fsp3) is 0.467. The molecule has 0 fully saturated rings. The van der Waals surface area contributed by atoms with Gasteiger partial charge < -0.3 is 13.9 Å². The number of ether oxygens (including phenoxy) is 2. The summed E-state index contributed by atoms with van der Waals surface area (Å²) in [5.74, 6) is 1.79. The van der Waals surface area contributed by atoms with Gasteiger partial charge >= 0.3 is 0 Å². The maximum absolute atomic E-state index is 14.5. The van der Waals surface area contributed by atoms with Crippen LogP contribution in [0, 0.1) is 6.92 Å². The Morgan fingerprint density at radius 3 is 1.65 bits per heavy atom. The molecule has 1 heterocycles. The van der Waals surface area contributed by atoms with Crippen LogP contribution in [0.3, 0.4) is 0 Å². The molecule has 40 heavy (non-hydrogen) atoms. The van der Waals surface area contributed by atoms with E-state index < -0.39 is 29.7 Å². The van der Waals surface area contributed by atoms with Crippen molar-refractivity contribution in [1.29, 1.82) is 0 Å². The van der Waals surface area contributed by atoms with Gasteiger partial charge in [-0.05, 0) is 72.9 Å². The van der Waals surface area contributed by atoms with Gasteiger partial charge in [-0.3, -0.25) is 0 Å². The van der Waals surface area contributed by atoms with E-state index in [0.29, 0.717) is 17.3 Å². The lowest BCUT2D eigenvalue weighted by Gasteiger charge is -2.40. The molecule has 0 unspecified atom stereocenters. The van der Waals surface area contributed by atoms with E-state index >= 15 is 0 Å². The number of benzene rings is 2. The number of aryl methyl sites for hydroxylation is 1. The molecule has 0 aliphatic heterocycles. The van der Waals surface area contributed by atoms with Crippen LogP contribution in [-0.2, 0) is 27.5 Å². The van der Waals surface area contributed by atoms with E-state index in [1.165, 1.54) is 4.31 Å². The van der Waals surface area contributed by atoms with E-state index in [0.717, 1.165) is 16.7 Å². The third-order valence-corrected chi connectivity index (χ3v) is 14.2. The zero-order chi connectivity index (χ0) is 29.7. The minimum Gasteiger partial charge on any atom is -0.497 e. The first-order valence-electron chi connectivity index (χ1n) is 13.4. The molecule has 0 saturated carbocycles. The summed E-state index contributed by atoms with van der Waals surface area (Å²) < 4.78 is 47.8. The highest BCUT2D eigenvalue weighted by Gasteiger charge is 2.45. The van der Waals surface area contributed by atoms with Gasteiger partial charge in [-0.2, -0.15) is 4.31 Å². The summed E-state index contributed by atoms with van der Waals surface area (Å²) in [6, 6.07) is 14.9. The predicted molar refractivity (Wildman–Crippen MR) is 161 cm³/mol. The lowest BCUT2D eigenvalue weighted by Crippen LogP contribution is -2.47. The second kappa shape index (κ2) is 12.8. The van der Waals surface area contributed by atoms with Gasteiger partial charge in [-0.15, -0.1) is 0 Å². The van der Waals surface area contributed by atoms with Gasteiger partial charge in [0.15, 0.2) is 14.1 Å². The van der Waals surface area contributed by atoms with Crippen LogP contribution in [0.4, 0.5) is 0 Å². The molecule has 218 valence electrons. The molecule has 10 heteroatoms. The molecule has 0 spiro atoms. The van der Waals surface area contributed by atoms with Gasteiger partial charge in [0.1, 0.15) is 22.9 Å². The average molecular weight is 586 g/mol. The smallest absolute Gasteiger partial charge is 0.220 e. The summed E-state index contributed by atoms with van der Waals surface area (Å²) in [6.07, 6.45) is 2.58. The Morgan fingerprint density at radius 1 is 0.850 bits per heavy atom. The number of hydrogen-bond donors (Lipinski definition) is 0. The fourth-order valence-electron chi connectivity index (χ4n) is 3.90. The molecule has 3 rings (SSSR count). The van der Waals surface area contributed by atoms with E-state index in [-0.39, 0.29) is 18.1 Å². The summed E-state index contributed by atoms with van der Waals surface area (Å²) in [4.78, 5) is 9.04. The Labute approximate surface area is 240 Å². The fourth-order valence-corrected chi connectivity index (χ4v) is 6.91. The number of aromatic nitrogens is 2. The lowest BCUT2D eigenvalue weighted by molar-refractivity contribution is 0.168. The summed E-state index contributed by atoms with van der Waals surface area (Å²) in [5.41, 5.74) is 2.59. The van der Waals surface area contributed by atoms with Crippen LogP contribution in [-0.4, -0.2) is 50.5 Å². The van der Waals surface area contributed by atoms with E-state index in [4.69, 9.17) is 13.9 Å². The van der Waals surface area contributed by atoms with Crippen molar-refractivity contribution in [3.8, 4) is 11.5 Å². The normalized spacial score (nSPS) is 14.2. The molecule has 0 aliphatic rings. The largest absolute Gasteiger partial charge is 0.497 e. The van der Waals surface area contributed by atoms with E-state index in [2.05, 4.69) is 43.8 Å². The molecule has 2 aromatic carbocycles. The molecule has 0 N–H and O–H groups in total. The number of rotatable bonds is 12. The molecule has 0 bridgehead atoms. The highest BCUT2D eigenvalue weighted by atomic mass is 32.2. The highest BCUT2D eigenvalue weighted by Crippen LogP contribution is 2.41. The minimum absolute atomic E-state index is 0.134. The Kier molecular flexibility index (Phi) is 10.2. The van der Waals surface area contributed by atoms with Gasteiger partial charge in [-0.25, -0.2) is 18.4 Å². The first kappa shape index (κ1) is 31.7. The van der Waals surface area contributed by atoms with Crippen molar-refractivity contribution in [3.63, 3.8) is 0 Å². The molecular weight excluding hydrogens is 542 g/mol. The molecule has 3 aromatic rings. The molecule has 0 amide bonds. The Hall–Kier alpha value is -2.79. The highest BCUT2D eigenvalue weighted by molar-refractivity contribution is 7.89. The molecule has 8 nitrogen and oxygen atoms in total. The third-order valence-electron chi connectivity index (χ3n) is 7.58. The monoisotopic (exact) mass is 585 g/mol. The molecule has 0 radical (unpaired) electrons. The number of hydrogen-bond acceptors (Lipinski definition) is 7. The van der Waals surface area contributed by atoms with E-state index in [9.17, 15) is 8.42 Å². The third kappa shape index (κ3) is 7.69. The van der Waals surface area contributed by atoms with Gasteiger partial charge in [-0.1, -0.05) is 45.0 Å². The molecule has 1 aromatic heterocycles. The summed E-state index contributed by atoms with van der Waals surface area (Å²) >= 11 is 0. The minimum atomic E-state index is -3.92. The van der Waals surface area contributed by atoms with Crippen LogP contribution < -0.4 is 9.47 Å². The van der Waals surface area contributed by atoms with Crippen molar-refractivity contribution in [3.05, 3.63) is 83.4 Å². The number of nitrogens with zero attached hydrogens (tertiary/aromatic N) is 3. The SMILES string of the molecule is COc1ccc(CN(Cc2ccc(OC)cc2)S(=O)(=O)[C@@H](C)[C@@H](O[Si](C)(C)C(C)(C)C)c2ncc(C)cn2)cc1. The van der Waals surface area contributed by atoms with Crippen molar-refractivity contribution in [2.75, 3.05) is 14.2 Å². The standard InChI is InChI=1S/C30H43N3O5SSi/c1-22-18-31-29(32-19-22)28(38-40(8,9)30(3,4)5)23(2)39(34,35)33(20-24-10-14-26(36-6)15-11-24)21-25-12-16-27(37-7)17-13-25/h10-19,23,28H,20-21H2,1-9H3/t23-,28+/m0/s1. The van der Waals surface area contributed by atoms with Crippen LogP contribution >= 0.6 is 0 Å². The van der Waals surface area contributed by atoms with E-state index in [1.54, 1.807) is 33.5 Å². The number of sulfonamides is 1. The zero-order valence-electron chi connectivity index (χ0n) is 25.1. The first-order chi connectivity index (χ1) is 18.7. The Balaban J connectivity index is 2.05. The van der Waals surface area contributed by atoms with Crippen molar-refractivity contribution in [2.45, 2.75) is 77.2 Å². The van der Waals surface area contributed by atoms with Crippen molar-refractivity contribution in [2.24, 2.45) is 0 Å². The molecule has 0 aliphatic carbocycles. The van der Waals surface area contributed by atoms with Crippen LogP contribution in [0.15, 0.2) is 60.9 Å². The zero-order valence-corrected chi connectivity index (χ0v) is 27.0. The van der Waals surface area contributed by atoms with Gasteiger partial charge in [0.2, 0.25) is 10.0 Å². The summed E-state index contributed by atoms with van der Waals surface area (Å²) in [6.45, 7) is 14.6. The topological polar surface area (TPSA) is 90.9 Å². The molecule has 0 saturated heterocycles. The second-order valence-electron chi connectivity index (χ2n) is 11.6. The quantitative estimate of drug-likeness (QED) is 0.231. The van der Waals surface area contributed by atoms with Crippen molar-refractivity contribution < 1.29 is 22.3 Å². The first-order valence-corrected chi connectivity index (χ1v) is 17.8. The van der Waals surface area contributed by atoms with Crippen LogP contribution in [0.1, 0.15) is 56.3 Å². The Morgan fingerprint density at radius 2 is 1.27 bits per heavy atom.